The van der Waals surface area contributed by atoms with Gasteiger partial charge in [-0.3, -0.25) is 0 Å². The predicted octanol–water partition coefficient (Wildman–Crippen LogP) is 6.33. The summed E-state index contributed by atoms with van der Waals surface area (Å²) >= 11 is 12.2. The Labute approximate surface area is 197 Å². The molecule has 33 heavy (non-hydrogen) atoms. The van der Waals surface area contributed by atoms with Crippen LogP contribution in [0.1, 0.15) is 17.3 Å². The molecular weight excluding hydrogens is 468 g/mol. The maximum Gasteiger partial charge on any atom is 0.249 e. The second-order valence-electron chi connectivity index (χ2n) is 7.37. The Hall–Kier alpha value is -3.62. The van der Waals surface area contributed by atoms with Crippen LogP contribution in [0, 0.1) is 12.7 Å². The molecule has 2 heterocycles. The molecule has 5 aromatic rings. The minimum atomic E-state index is -0.646. The number of H-pyrrole nitrogens is 1. The third kappa shape index (κ3) is 4.22. The normalized spacial score (nSPS) is 11.3. The Bertz CT molecular complexity index is 1480. The van der Waals surface area contributed by atoms with E-state index in [2.05, 4.69) is 20.2 Å². The lowest BCUT2D eigenvalue weighted by Gasteiger charge is -2.12. The number of fused-ring (bicyclic) bond motifs is 1. The van der Waals surface area contributed by atoms with E-state index in [0.717, 1.165) is 16.9 Å². The second kappa shape index (κ2) is 8.38. The van der Waals surface area contributed by atoms with Gasteiger partial charge in [-0.15, -0.1) is 10.2 Å². The zero-order valence-corrected chi connectivity index (χ0v) is 18.7. The van der Waals surface area contributed by atoms with Gasteiger partial charge >= 0.3 is 0 Å². The van der Waals surface area contributed by atoms with E-state index in [1.165, 1.54) is 18.2 Å². The number of nitrogens with zero attached hydrogens (tertiary/aromatic N) is 3. The molecule has 3 aromatic carbocycles. The fourth-order valence-electron chi connectivity index (χ4n) is 3.49. The summed E-state index contributed by atoms with van der Waals surface area (Å²) in [6.45, 7) is 1.86. The first-order chi connectivity index (χ1) is 15.9. The zero-order valence-electron chi connectivity index (χ0n) is 17.2. The summed E-state index contributed by atoms with van der Waals surface area (Å²) in [7, 11) is 0. The molecule has 0 aliphatic heterocycles. The number of aromatic nitrogens is 4. The monoisotopic (exact) mass is 483 g/mol. The molecule has 10 heteroatoms. The van der Waals surface area contributed by atoms with Gasteiger partial charge in [0, 0.05) is 22.3 Å². The lowest BCUT2D eigenvalue weighted by atomic mass is 10.1. The average Bonchev–Trinajstić information content (AvgIpc) is 3.38. The van der Waals surface area contributed by atoms with E-state index in [1.807, 2.05) is 25.1 Å². The first kappa shape index (κ1) is 21.2. The number of hydrogen-bond donors (Lipinski definition) is 2. The number of hydrogen-bond acceptors (Lipinski definition) is 6. The van der Waals surface area contributed by atoms with Gasteiger partial charge in [-0.2, -0.15) is 0 Å². The Kier molecular flexibility index (Phi) is 5.39. The summed E-state index contributed by atoms with van der Waals surface area (Å²) < 4.78 is 26.7. The van der Waals surface area contributed by atoms with Crippen molar-refractivity contribution in [2.24, 2.45) is 0 Å². The molecule has 2 aromatic heterocycles. The van der Waals surface area contributed by atoms with Crippen LogP contribution in [0.3, 0.4) is 0 Å². The summed E-state index contributed by atoms with van der Waals surface area (Å²) in [5.41, 5.74) is 8.73. The van der Waals surface area contributed by atoms with Gasteiger partial charge in [-0.25, -0.2) is 9.37 Å². The number of benzene rings is 3. The van der Waals surface area contributed by atoms with Crippen LogP contribution in [-0.4, -0.2) is 20.2 Å². The number of aryl methyl sites for hydroxylation is 1. The summed E-state index contributed by atoms with van der Waals surface area (Å²) in [5, 5.41) is 8.66. The van der Waals surface area contributed by atoms with Crippen molar-refractivity contribution in [1.82, 2.24) is 20.2 Å². The molecule has 0 spiro atoms. The molecule has 0 saturated carbocycles. The summed E-state index contributed by atoms with van der Waals surface area (Å²) in [6.07, 6.45) is 0.0437. The van der Waals surface area contributed by atoms with E-state index in [0.29, 0.717) is 22.2 Å². The molecular formula is C23H16Cl2FN5O2. The maximum atomic E-state index is 15.3. The van der Waals surface area contributed by atoms with Crippen LogP contribution in [0.15, 0.2) is 52.9 Å². The SMILES string of the molecule is Cc1nc2cccc(-c3nnc(Cc4ccc(Cl)c(Oc5cc(N)cc(Cl)c5)c4F)o3)c2[nH]1. The van der Waals surface area contributed by atoms with Crippen molar-refractivity contribution in [3.63, 3.8) is 0 Å². The summed E-state index contributed by atoms with van der Waals surface area (Å²) in [4.78, 5) is 7.60. The summed E-state index contributed by atoms with van der Waals surface area (Å²) in [6, 6.07) is 13.3. The average molecular weight is 484 g/mol. The standard InChI is InChI=1S/C23H16Cl2FN5O2/c1-11-28-18-4-2-3-16(21(18)29-11)23-31-30-19(33-23)7-12-5-6-17(25)22(20(12)26)32-15-9-13(24)8-14(27)10-15/h2-6,8-10H,7,27H2,1H3,(H,28,29). The number of anilines is 1. The molecule has 0 amide bonds. The molecule has 166 valence electrons. The van der Waals surface area contributed by atoms with Gasteiger partial charge in [-0.05, 0) is 37.3 Å². The fraction of sp³-hybridized carbons (Fsp3) is 0.0870. The van der Waals surface area contributed by atoms with E-state index in [1.54, 1.807) is 12.1 Å². The lowest BCUT2D eigenvalue weighted by molar-refractivity contribution is 0.437. The van der Waals surface area contributed by atoms with Crippen molar-refractivity contribution in [2.45, 2.75) is 13.3 Å². The van der Waals surface area contributed by atoms with Crippen molar-refractivity contribution < 1.29 is 13.5 Å². The first-order valence-electron chi connectivity index (χ1n) is 9.86. The van der Waals surface area contributed by atoms with Crippen LogP contribution >= 0.6 is 23.2 Å². The number of nitrogens with one attached hydrogen (secondary N) is 1. The minimum Gasteiger partial charge on any atom is -0.453 e. The molecule has 5 rings (SSSR count). The number of ether oxygens (including phenoxy) is 1. The van der Waals surface area contributed by atoms with Crippen molar-refractivity contribution in [3.05, 3.63) is 81.7 Å². The highest BCUT2D eigenvalue weighted by Crippen LogP contribution is 2.36. The van der Waals surface area contributed by atoms with E-state index in [4.69, 9.17) is 38.1 Å². The number of aromatic amines is 1. The first-order valence-corrected chi connectivity index (χ1v) is 10.6. The molecule has 7 nitrogen and oxygen atoms in total. The van der Waals surface area contributed by atoms with Gasteiger partial charge in [0.1, 0.15) is 11.6 Å². The van der Waals surface area contributed by atoms with Crippen LogP contribution < -0.4 is 10.5 Å². The van der Waals surface area contributed by atoms with E-state index in [9.17, 15) is 0 Å². The van der Waals surface area contributed by atoms with E-state index < -0.39 is 5.82 Å². The van der Waals surface area contributed by atoms with Crippen molar-refractivity contribution >= 4 is 39.9 Å². The molecule has 0 radical (unpaired) electrons. The summed E-state index contributed by atoms with van der Waals surface area (Å²) in [5.74, 6) is 0.785. The van der Waals surface area contributed by atoms with E-state index in [-0.39, 0.29) is 34.4 Å². The lowest BCUT2D eigenvalue weighted by Crippen LogP contribution is -1.98. The highest BCUT2D eigenvalue weighted by Gasteiger charge is 2.19. The van der Waals surface area contributed by atoms with Crippen LogP contribution in [0.4, 0.5) is 10.1 Å². The largest absolute Gasteiger partial charge is 0.453 e. The number of imidazole rings is 1. The predicted molar refractivity (Wildman–Crippen MR) is 124 cm³/mol. The molecule has 0 fully saturated rings. The van der Waals surface area contributed by atoms with Crippen molar-refractivity contribution in [2.75, 3.05) is 5.73 Å². The molecule has 0 aliphatic carbocycles. The minimum absolute atomic E-state index is 0.0437. The molecule has 0 saturated heterocycles. The number of rotatable bonds is 5. The molecule has 3 N–H and O–H groups in total. The third-order valence-electron chi connectivity index (χ3n) is 4.92. The number of nitrogen functional groups attached to an aromatic ring is 1. The number of nitrogens with two attached hydrogens (primary N) is 1. The van der Waals surface area contributed by atoms with Crippen molar-refractivity contribution in [3.8, 4) is 23.0 Å². The number of para-hydroxylation sites is 1. The van der Waals surface area contributed by atoms with Gasteiger partial charge in [0.2, 0.25) is 11.8 Å². The topological polar surface area (TPSA) is 103 Å². The van der Waals surface area contributed by atoms with Gasteiger partial charge in [0.15, 0.2) is 11.6 Å². The fourth-order valence-corrected chi connectivity index (χ4v) is 3.91. The second-order valence-corrected chi connectivity index (χ2v) is 8.22. The van der Waals surface area contributed by atoms with Gasteiger partial charge in [0.05, 0.1) is 28.0 Å². The van der Waals surface area contributed by atoms with Crippen LogP contribution in [-0.2, 0) is 6.42 Å². The van der Waals surface area contributed by atoms with Crippen LogP contribution in [0.25, 0.3) is 22.5 Å². The molecule has 0 aliphatic rings. The van der Waals surface area contributed by atoms with Crippen LogP contribution in [0.2, 0.25) is 10.0 Å². The Balaban J connectivity index is 1.44. The maximum absolute atomic E-state index is 15.3. The molecule has 0 unspecified atom stereocenters. The third-order valence-corrected chi connectivity index (χ3v) is 5.43. The van der Waals surface area contributed by atoms with Gasteiger partial charge < -0.3 is 19.9 Å². The Morgan fingerprint density at radius 3 is 2.79 bits per heavy atom. The zero-order chi connectivity index (χ0) is 23.1. The molecule has 0 atom stereocenters. The Morgan fingerprint density at radius 2 is 1.97 bits per heavy atom. The van der Waals surface area contributed by atoms with Gasteiger partial charge in [0.25, 0.3) is 0 Å². The Morgan fingerprint density at radius 1 is 1.12 bits per heavy atom. The highest BCUT2D eigenvalue weighted by atomic mass is 35.5. The molecule has 0 bridgehead atoms. The smallest absolute Gasteiger partial charge is 0.249 e. The van der Waals surface area contributed by atoms with Gasteiger partial charge in [-0.1, -0.05) is 35.3 Å². The van der Waals surface area contributed by atoms with Crippen molar-refractivity contribution in [1.29, 1.82) is 0 Å². The highest BCUT2D eigenvalue weighted by molar-refractivity contribution is 6.32. The number of halogens is 3. The quantitative estimate of drug-likeness (QED) is 0.283. The van der Waals surface area contributed by atoms with Crippen LogP contribution in [0.5, 0.6) is 11.5 Å². The van der Waals surface area contributed by atoms with E-state index >= 15 is 4.39 Å².